The maximum absolute atomic E-state index is 11.1. The summed E-state index contributed by atoms with van der Waals surface area (Å²) in [4.78, 5) is 11.1. The Morgan fingerprint density at radius 2 is 1.60 bits per heavy atom. The van der Waals surface area contributed by atoms with Crippen LogP contribution in [0.3, 0.4) is 0 Å². The van der Waals surface area contributed by atoms with Crippen LogP contribution in [0.1, 0.15) is 35.3 Å². The van der Waals surface area contributed by atoms with Gasteiger partial charge in [-0.05, 0) is 18.0 Å². The number of hydrogen-bond acceptors (Lipinski definition) is 1. The van der Waals surface area contributed by atoms with Gasteiger partial charge in [-0.1, -0.05) is 50.8 Å². The van der Waals surface area contributed by atoms with E-state index in [1.54, 1.807) is 6.92 Å². The van der Waals surface area contributed by atoms with E-state index in [4.69, 9.17) is 0 Å². The van der Waals surface area contributed by atoms with Gasteiger partial charge in [0.15, 0.2) is 5.78 Å². The van der Waals surface area contributed by atoms with Gasteiger partial charge in [0.1, 0.15) is 0 Å². The molecule has 0 amide bonds. The lowest BCUT2D eigenvalue weighted by molar-refractivity contribution is 0.101. The van der Waals surface area contributed by atoms with Crippen molar-refractivity contribution in [2.24, 2.45) is 0 Å². The van der Waals surface area contributed by atoms with Gasteiger partial charge in [-0.2, -0.15) is 0 Å². The molecule has 0 N–H and O–H groups in total. The van der Waals surface area contributed by atoms with E-state index in [1.165, 1.54) is 5.56 Å². The van der Waals surface area contributed by atoms with Crippen LogP contribution in [-0.2, 0) is 0 Å². The van der Waals surface area contributed by atoms with Crippen molar-refractivity contribution >= 4 is 13.9 Å². The smallest absolute Gasteiger partial charge is 0.159 e. The fourth-order valence-corrected chi connectivity index (χ4v) is 2.70. The molecular formula is C13H20OSi. The summed E-state index contributed by atoms with van der Waals surface area (Å²) >= 11 is 0. The molecule has 82 valence electrons. The first-order valence-corrected chi connectivity index (χ1v) is 9.01. The van der Waals surface area contributed by atoms with Crippen molar-refractivity contribution in [3.05, 3.63) is 35.4 Å². The molecule has 0 fully saturated rings. The largest absolute Gasteiger partial charge is 0.295 e. The average molecular weight is 220 g/mol. The van der Waals surface area contributed by atoms with Crippen LogP contribution in [0.25, 0.3) is 0 Å². The lowest BCUT2D eigenvalue weighted by Crippen LogP contribution is -2.28. The van der Waals surface area contributed by atoms with E-state index in [2.05, 4.69) is 38.7 Å². The molecule has 0 heterocycles. The summed E-state index contributed by atoms with van der Waals surface area (Å²) in [5, 5.41) is 0. The number of hydrogen-bond donors (Lipinski definition) is 0. The summed E-state index contributed by atoms with van der Waals surface area (Å²) in [6.45, 7) is 11.0. The highest BCUT2D eigenvalue weighted by atomic mass is 28.3. The molecule has 1 unspecified atom stereocenters. The van der Waals surface area contributed by atoms with E-state index in [9.17, 15) is 4.79 Å². The van der Waals surface area contributed by atoms with Gasteiger partial charge < -0.3 is 0 Å². The first-order valence-electron chi connectivity index (χ1n) is 5.43. The van der Waals surface area contributed by atoms with Crippen LogP contribution in [0.4, 0.5) is 0 Å². The van der Waals surface area contributed by atoms with Crippen LogP contribution in [0.2, 0.25) is 19.6 Å². The molecule has 1 atom stereocenters. The molecule has 0 radical (unpaired) electrons. The van der Waals surface area contributed by atoms with Crippen LogP contribution in [0, 0.1) is 0 Å². The van der Waals surface area contributed by atoms with E-state index in [-0.39, 0.29) is 5.78 Å². The second kappa shape index (κ2) is 4.31. The minimum atomic E-state index is -1.13. The highest BCUT2D eigenvalue weighted by Gasteiger charge is 2.23. The molecule has 0 aliphatic carbocycles. The Balaban J connectivity index is 2.94. The SMILES string of the molecule is CC(=O)c1ccc(C(C)[Si](C)(C)C)cc1. The Morgan fingerprint density at radius 1 is 1.13 bits per heavy atom. The topological polar surface area (TPSA) is 17.1 Å². The highest BCUT2D eigenvalue weighted by molar-refractivity contribution is 6.77. The second-order valence-corrected chi connectivity index (χ2v) is 10.9. The van der Waals surface area contributed by atoms with Gasteiger partial charge in [-0.3, -0.25) is 4.79 Å². The Hall–Kier alpha value is -0.893. The highest BCUT2D eigenvalue weighted by Crippen LogP contribution is 2.26. The van der Waals surface area contributed by atoms with Gasteiger partial charge >= 0.3 is 0 Å². The molecule has 0 saturated heterocycles. The van der Waals surface area contributed by atoms with E-state index in [0.717, 1.165) is 5.56 Å². The van der Waals surface area contributed by atoms with Gasteiger partial charge in [-0.15, -0.1) is 0 Å². The third-order valence-corrected chi connectivity index (χ3v) is 6.05. The van der Waals surface area contributed by atoms with E-state index < -0.39 is 8.07 Å². The second-order valence-electron chi connectivity index (χ2n) is 5.27. The number of rotatable bonds is 3. The average Bonchev–Trinajstić information content (AvgIpc) is 2.15. The van der Waals surface area contributed by atoms with E-state index >= 15 is 0 Å². The van der Waals surface area contributed by atoms with Crippen LogP contribution in [-0.4, -0.2) is 13.9 Å². The molecule has 0 bridgehead atoms. The van der Waals surface area contributed by atoms with Gasteiger partial charge in [-0.25, -0.2) is 0 Å². The number of benzene rings is 1. The van der Waals surface area contributed by atoms with Gasteiger partial charge in [0, 0.05) is 5.56 Å². The van der Waals surface area contributed by atoms with E-state index in [0.29, 0.717) is 5.54 Å². The minimum Gasteiger partial charge on any atom is -0.295 e. The lowest BCUT2D eigenvalue weighted by Gasteiger charge is -2.25. The molecule has 0 aromatic heterocycles. The maximum Gasteiger partial charge on any atom is 0.159 e. The van der Waals surface area contributed by atoms with Gasteiger partial charge in [0.25, 0.3) is 0 Å². The fraction of sp³-hybridized carbons (Fsp3) is 0.462. The molecular weight excluding hydrogens is 200 g/mol. The van der Waals surface area contributed by atoms with Crippen molar-refractivity contribution in [3.8, 4) is 0 Å². The van der Waals surface area contributed by atoms with Crippen molar-refractivity contribution in [1.29, 1.82) is 0 Å². The Kier molecular flexibility index (Phi) is 3.50. The molecule has 1 nitrogen and oxygen atoms in total. The molecule has 15 heavy (non-hydrogen) atoms. The van der Waals surface area contributed by atoms with Crippen molar-refractivity contribution in [2.75, 3.05) is 0 Å². The number of ketones is 1. The number of carbonyl (C=O) groups is 1. The van der Waals surface area contributed by atoms with Crippen molar-refractivity contribution < 1.29 is 4.79 Å². The monoisotopic (exact) mass is 220 g/mol. The fourth-order valence-electron chi connectivity index (χ4n) is 1.51. The molecule has 1 aromatic carbocycles. The standard InChI is InChI=1S/C13H20OSi/c1-10(14)12-6-8-13(9-7-12)11(2)15(3,4)5/h6-9,11H,1-5H3. The van der Waals surface area contributed by atoms with Crippen LogP contribution < -0.4 is 0 Å². The summed E-state index contributed by atoms with van der Waals surface area (Å²) in [5.74, 6) is 0.141. The van der Waals surface area contributed by atoms with Crippen molar-refractivity contribution in [1.82, 2.24) is 0 Å². The zero-order chi connectivity index (χ0) is 11.6. The summed E-state index contributed by atoms with van der Waals surface area (Å²) in [6, 6.07) is 8.07. The summed E-state index contributed by atoms with van der Waals surface area (Å²) in [6.07, 6.45) is 0. The molecule has 0 aliphatic heterocycles. The molecule has 2 heteroatoms. The third kappa shape index (κ3) is 3.03. The van der Waals surface area contributed by atoms with Crippen LogP contribution in [0.5, 0.6) is 0 Å². The first-order chi connectivity index (χ1) is 6.82. The first kappa shape index (κ1) is 12.2. The molecule has 0 saturated carbocycles. The predicted octanol–water partition coefficient (Wildman–Crippen LogP) is 3.87. The molecule has 0 spiro atoms. The van der Waals surface area contributed by atoms with E-state index in [1.807, 2.05) is 12.1 Å². The van der Waals surface area contributed by atoms with Crippen LogP contribution >= 0.6 is 0 Å². The Labute approximate surface area is 93.5 Å². The van der Waals surface area contributed by atoms with Gasteiger partial charge in [0.2, 0.25) is 0 Å². The summed E-state index contributed by atoms with van der Waals surface area (Å²) in [7, 11) is -1.13. The van der Waals surface area contributed by atoms with Gasteiger partial charge in [0.05, 0.1) is 8.07 Å². The Morgan fingerprint density at radius 3 is 1.93 bits per heavy atom. The molecule has 1 aromatic rings. The zero-order valence-corrected chi connectivity index (χ0v) is 11.3. The van der Waals surface area contributed by atoms with Crippen LogP contribution in [0.15, 0.2) is 24.3 Å². The third-order valence-electron chi connectivity index (χ3n) is 3.12. The minimum absolute atomic E-state index is 0.141. The normalized spacial score (nSPS) is 13.7. The number of carbonyl (C=O) groups excluding carboxylic acids is 1. The molecule has 1 rings (SSSR count). The summed E-state index contributed by atoms with van der Waals surface area (Å²) in [5.41, 5.74) is 2.80. The van der Waals surface area contributed by atoms with Crippen molar-refractivity contribution in [3.63, 3.8) is 0 Å². The van der Waals surface area contributed by atoms with Crippen molar-refractivity contribution in [2.45, 2.75) is 39.0 Å². The zero-order valence-electron chi connectivity index (χ0n) is 10.3. The quantitative estimate of drug-likeness (QED) is 0.558. The Bertz CT molecular complexity index is 346. The lowest BCUT2D eigenvalue weighted by atomic mass is 10.1. The molecule has 0 aliphatic rings. The maximum atomic E-state index is 11.1. The number of Topliss-reactive ketones (excluding diaryl/α,β-unsaturated/α-hetero) is 1. The summed E-state index contributed by atoms with van der Waals surface area (Å²) < 4.78 is 0. The predicted molar refractivity (Wildman–Crippen MR) is 68.2 cm³/mol.